The Morgan fingerprint density at radius 3 is 2.78 bits per heavy atom. The van der Waals surface area contributed by atoms with Gasteiger partial charge in [-0.05, 0) is 18.3 Å². The fourth-order valence-corrected chi connectivity index (χ4v) is 2.76. The third kappa shape index (κ3) is 3.84. The topological polar surface area (TPSA) is 50.4 Å². The summed E-state index contributed by atoms with van der Waals surface area (Å²) in [6.45, 7) is 6.61. The normalized spacial score (nSPS) is 31.2. The Morgan fingerprint density at radius 1 is 1.39 bits per heavy atom. The second-order valence-electron chi connectivity index (χ2n) is 5.86. The lowest BCUT2D eigenvalue weighted by atomic mass is 9.73. The Hall–Kier alpha value is -0.320. The van der Waals surface area contributed by atoms with Crippen molar-refractivity contribution >= 4 is 18.3 Å². The lowest BCUT2D eigenvalue weighted by Gasteiger charge is -2.39. The number of halogens is 1. The van der Waals surface area contributed by atoms with Crippen LogP contribution in [0.3, 0.4) is 0 Å². The summed E-state index contributed by atoms with van der Waals surface area (Å²) in [5, 5.41) is 6.36. The van der Waals surface area contributed by atoms with Crippen LogP contribution in [0.4, 0.5) is 0 Å². The van der Waals surface area contributed by atoms with Gasteiger partial charge in [-0.1, -0.05) is 26.7 Å². The van der Waals surface area contributed by atoms with E-state index in [0.717, 1.165) is 13.0 Å². The molecule has 18 heavy (non-hydrogen) atoms. The molecular weight excluding hydrogens is 252 g/mol. The van der Waals surface area contributed by atoms with E-state index in [0.29, 0.717) is 19.2 Å². The average Bonchev–Trinajstić information content (AvgIpc) is 2.33. The number of nitrogens with one attached hydrogen (secondary N) is 2. The lowest BCUT2D eigenvalue weighted by Crippen LogP contribution is -2.54. The van der Waals surface area contributed by atoms with Gasteiger partial charge in [-0.25, -0.2) is 0 Å². The molecule has 0 aromatic carbocycles. The van der Waals surface area contributed by atoms with Crippen molar-refractivity contribution in [2.45, 2.75) is 51.7 Å². The molecule has 0 radical (unpaired) electrons. The van der Waals surface area contributed by atoms with Gasteiger partial charge in [-0.3, -0.25) is 4.79 Å². The van der Waals surface area contributed by atoms with Crippen LogP contribution in [0.1, 0.15) is 39.5 Å². The SMILES string of the molecule is CC1(C)CCCCC1NC(=O)C1CNCCO1.Cl. The fraction of sp³-hybridized carbons (Fsp3) is 0.923. The zero-order chi connectivity index (χ0) is 12.3. The first kappa shape index (κ1) is 15.7. The largest absolute Gasteiger partial charge is 0.366 e. The van der Waals surface area contributed by atoms with Gasteiger partial charge < -0.3 is 15.4 Å². The molecule has 2 atom stereocenters. The van der Waals surface area contributed by atoms with Crippen LogP contribution < -0.4 is 10.6 Å². The summed E-state index contributed by atoms with van der Waals surface area (Å²) < 4.78 is 5.47. The summed E-state index contributed by atoms with van der Waals surface area (Å²) in [6, 6.07) is 0.300. The molecule has 2 N–H and O–H groups in total. The van der Waals surface area contributed by atoms with E-state index in [-0.39, 0.29) is 29.8 Å². The van der Waals surface area contributed by atoms with Gasteiger partial charge >= 0.3 is 0 Å². The van der Waals surface area contributed by atoms with Crippen LogP contribution >= 0.6 is 12.4 Å². The van der Waals surface area contributed by atoms with Crippen LogP contribution in [-0.2, 0) is 9.53 Å². The second kappa shape index (κ2) is 6.73. The number of morpholine rings is 1. The standard InChI is InChI=1S/C13H24N2O2.ClH/c1-13(2)6-4-3-5-11(13)15-12(16)10-9-14-7-8-17-10;/h10-11,14H,3-9H2,1-2H3,(H,15,16);1H. The highest BCUT2D eigenvalue weighted by Gasteiger charge is 2.34. The number of carbonyl (C=O) groups excluding carboxylic acids is 1. The maximum Gasteiger partial charge on any atom is 0.250 e. The Kier molecular flexibility index (Phi) is 5.89. The van der Waals surface area contributed by atoms with E-state index < -0.39 is 0 Å². The first-order chi connectivity index (χ1) is 8.09. The molecule has 1 aliphatic heterocycles. The summed E-state index contributed by atoms with van der Waals surface area (Å²) in [4.78, 5) is 12.1. The van der Waals surface area contributed by atoms with Crippen molar-refractivity contribution in [3.05, 3.63) is 0 Å². The van der Waals surface area contributed by atoms with Gasteiger partial charge in [0.25, 0.3) is 5.91 Å². The highest BCUT2D eigenvalue weighted by molar-refractivity contribution is 5.85. The van der Waals surface area contributed by atoms with Crippen molar-refractivity contribution in [3.63, 3.8) is 0 Å². The molecule has 0 spiro atoms. The van der Waals surface area contributed by atoms with Crippen LogP contribution in [0.25, 0.3) is 0 Å². The monoisotopic (exact) mass is 276 g/mol. The number of amides is 1. The molecule has 1 saturated heterocycles. The van der Waals surface area contributed by atoms with Gasteiger partial charge in [-0.2, -0.15) is 0 Å². The van der Waals surface area contributed by atoms with Crippen molar-refractivity contribution in [1.29, 1.82) is 0 Å². The van der Waals surface area contributed by atoms with Crippen LogP contribution in [0.15, 0.2) is 0 Å². The van der Waals surface area contributed by atoms with E-state index in [1.165, 1.54) is 19.3 Å². The molecule has 2 aliphatic rings. The number of carbonyl (C=O) groups is 1. The predicted molar refractivity (Wildman–Crippen MR) is 74.0 cm³/mol. The fourth-order valence-electron chi connectivity index (χ4n) is 2.76. The van der Waals surface area contributed by atoms with E-state index in [2.05, 4.69) is 24.5 Å². The molecule has 106 valence electrons. The maximum atomic E-state index is 12.1. The summed E-state index contributed by atoms with van der Waals surface area (Å²) >= 11 is 0. The van der Waals surface area contributed by atoms with E-state index in [1.54, 1.807) is 0 Å². The van der Waals surface area contributed by atoms with Gasteiger partial charge in [0.2, 0.25) is 0 Å². The summed E-state index contributed by atoms with van der Waals surface area (Å²) in [5.74, 6) is 0.0529. The zero-order valence-electron chi connectivity index (χ0n) is 11.3. The molecule has 0 bridgehead atoms. The van der Waals surface area contributed by atoms with Gasteiger partial charge in [0, 0.05) is 19.1 Å². The molecule has 2 fully saturated rings. The van der Waals surface area contributed by atoms with Crippen LogP contribution in [0.5, 0.6) is 0 Å². The first-order valence-electron chi connectivity index (χ1n) is 6.72. The molecule has 1 amide bonds. The highest BCUT2D eigenvalue weighted by atomic mass is 35.5. The van der Waals surface area contributed by atoms with E-state index >= 15 is 0 Å². The summed E-state index contributed by atoms with van der Waals surface area (Å²) in [7, 11) is 0. The number of hydrogen-bond acceptors (Lipinski definition) is 3. The van der Waals surface area contributed by atoms with Crippen molar-refractivity contribution in [2.75, 3.05) is 19.7 Å². The molecule has 5 heteroatoms. The van der Waals surface area contributed by atoms with Crippen LogP contribution in [0.2, 0.25) is 0 Å². The number of rotatable bonds is 2. The molecule has 2 unspecified atom stereocenters. The quantitative estimate of drug-likeness (QED) is 0.803. The second-order valence-corrected chi connectivity index (χ2v) is 5.86. The number of ether oxygens (including phenoxy) is 1. The van der Waals surface area contributed by atoms with Gasteiger partial charge in [0.1, 0.15) is 6.10 Å². The van der Waals surface area contributed by atoms with Gasteiger partial charge in [0.05, 0.1) is 6.61 Å². The van der Waals surface area contributed by atoms with Crippen LogP contribution in [-0.4, -0.2) is 37.7 Å². The first-order valence-corrected chi connectivity index (χ1v) is 6.72. The minimum atomic E-state index is -0.304. The molecule has 1 heterocycles. The summed E-state index contributed by atoms with van der Waals surface area (Å²) in [6.07, 6.45) is 4.49. The van der Waals surface area contributed by atoms with Crippen LogP contribution in [0, 0.1) is 5.41 Å². The van der Waals surface area contributed by atoms with E-state index in [1.807, 2.05) is 0 Å². The Morgan fingerprint density at radius 2 is 2.17 bits per heavy atom. The van der Waals surface area contributed by atoms with Crippen molar-refractivity contribution in [1.82, 2.24) is 10.6 Å². The molecular formula is C13H25ClN2O2. The smallest absolute Gasteiger partial charge is 0.250 e. The Labute approximate surface area is 116 Å². The average molecular weight is 277 g/mol. The molecule has 1 aliphatic carbocycles. The Bertz CT molecular complexity index is 278. The maximum absolute atomic E-state index is 12.1. The van der Waals surface area contributed by atoms with Crippen molar-refractivity contribution in [3.8, 4) is 0 Å². The zero-order valence-corrected chi connectivity index (χ0v) is 12.1. The minimum absolute atomic E-state index is 0. The van der Waals surface area contributed by atoms with Gasteiger partial charge in [-0.15, -0.1) is 12.4 Å². The van der Waals surface area contributed by atoms with Crippen molar-refractivity contribution < 1.29 is 9.53 Å². The summed E-state index contributed by atoms with van der Waals surface area (Å²) in [5.41, 5.74) is 0.218. The predicted octanol–water partition coefficient (Wildman–Crippen LogP) is 1.48. The molecule has 0 aromatic heterocycles. The van der Waals surface area contributed by atoms with Crippen molar-refractivity contribution in [2.24, 2.45) is 5.41 Å². The molecule has 1 saturated carbocycles. The third-order valence-corrected chi connectivity index (χ3v) is 4.04. The number of hydrogen-bond donors (Lipinski definition) is 2. The van der Waals surface area contributed by atoms with E-state index in [9.17, 15) is 4.79 Å². The van der Waals surface area contributed by atoms with E-state index in [4.69, 9.17) is 4.74 Å². The lowest BCUT2D eigenvalue weighted by molar-refractivity contribution is -0.136. The van der Waals surface area contributed by atoms with Gasteiger partial charge in [0.15, 0.2) is 0 Å². The third-order valence-electron chi connectivity index (χ3n) is 4.04. The molecule has 4 nitrogen and oxygen atoms in total. The highest BCUT2D eigenvalue weighted by Crippen LogP contribution is 2.35. The minimum Gasteiger partial charge on any atom is -0.366 e. The molecule has 2 rings (SSSR count). The Balaban J connectivity index is 0.00000162. The molecule has 0 aromatic rings.